The van der Waals surface area contributed by atoms with Crippen LogP contribution in [0.1, 0.15) is 6.92 Å². The third-order valence-electron chi connectivity index (χ3n) is 4.52. The Kier molecular flexibility index (Phi) is 6.01. The molecule has 138 valence electrons. The fraction of sp³-hybridized carbons (Fsp3) is 0.588. The van der Waals surface area contributed by atoms with Gasteiger partial charge in [-0.3, -0.25) is 0 Å². The number of nitrogens with zero attached hydrogens (tertiary/aromatic N) is 2. The van der Waals surface area contributed by atoms with E-state index in [2.05, 4.69) is 10.2 Å². The van der Waals surface area contributed by atoms with Crippen molar-refractivity contribution in [1.82, 2.24) is 4.90 Å². The second-order valence-electron chi connectivity index (χ2n) is 6.33. The molecule has 1 aromatic carbocycles. The molecule has 2 fully saturated rings. The first-order valence-corrected chi connectivity index (χ1v) is 8.88. The lowest BCUT2D eigenvalue weighted by Crippen LogP contribution is -2.53. The van der Waals surface area contributed by atoms with E-state index in [4.69, 9.17) is 21.1 Å². The third-order valence-corrected chi connectivity index (χ3v) is 4.76. The fourth-order valence-electron chi connectivity index (χ4n) is 3.09. The quantitative estimate of drug-likeness (QED) is 0.849. The number of hydrogen-bond donors (Lipinski definition) is 2. The molecule has 2 amide bonds. The van der Waals surface area contributed by atoms with Crippen molar-refractivity contribution in [3.63, 3.8) is 0 Å². The Morgan fingerprint density at radius 2 is 2.16 bits per heavy atom. The average Bonchev–Trinajstić information content (AvgIpc) is 2.63. The lowest BCUT2D eigenvalue weighted by molar-refractivity contribution is -0.0611. The number of anilines is 2. The van der Waals surface area contributed by atoms with Crippen LogP contribution in [0.2, 0.25) is 5.02 Å². The summed E-state index contributed by atoms with van der Waals surface area (Å²) < 4.78 is 10.9. The van der Waals surface area contributed by atoms with Crippen molar-refractivity contribution in [3.8, 4) is 0 Å². The van der Waals surface area contributed by atoms with Crippen LogP contribution in [0.15, 0.2) is 18.2 Å². The highest BCUT2D eigenvalue weighted by atomic mass is 35.5. The van der Waals surface area contributed by atoms with Crippen LogP contribution in [-0.2, 0) is 9.47 Å². The maximum atomic E-state index is 12.8. The minimum absolute atomic E-state index is 0.0613. The number of rotatable bonds is 3. The van der Waals surface area contributed by atoms with Gasteiger partial charge in [-0.05, 0) is 25.1 Å². The predicted octanol–water partition coefficient (Wildman–Crippen LogP) is 1.79. The van der Waals surface area contributed by atoms with Gasteiger partial charge in [0.25, 0.3) is 0 Å². The van der Waals surface area contributed by atoms with E-state index < -0.39 is 0 Å². The number of urea groups is 1. The summed E-state index contributed by atoms with van der Waals surface area (Å²) in [5.41, 5.74) is 1.61. The van der Waals surface area contributed by atoms with Crippen molar-refractivity contribution in [3.05, 3.63) is 23.2 Å². The summed E-state index contributed by atoms with van der Waals surface area (Å²) in [6, 6.07) is 5.22. The maximum absolute atomic E-state index is 12.8. The first-order valence-electron chi connectivity index (χ1n) is 8.51. The SMILES string of the molecule is C[C@H]1CO[C@@H](CO)CN1C(=O)Nc1cc(Cl)ccc1N1CCOCC1. The highest BCUT2D eigenvalue weighted by Gasteiger charge is 2.30. The van der Waals surface area contributed by atoms with Gasteiger partial charge >= 0.3 is 6.03 Å². The number of hydrogen-bond acceptors (Lipinski definition) is 5. The number of amides is 2. The van der Waals surface area contributed by atoms with Gasteiger partial charge in [-0.1, -0.05) is 11.6 Å². The molecule has 0 radical (unpaired) electrons. The maximum Gasteiger partial charge on any atom is 0.322 e. The summed E-state index contributed by atoms with van der Waals surface area (Å²) in [6.45, 7) is 5.45. The number of halogens is 1. The Labute approximate surface area is 152 Å². The van der Waals surface area contributed by atoms with E-state index in [1.807, 2.05) is 19.1 Å². The molecule has 0 spiro atoms. The molecule has 0 aliphatic carbocycles. The number of aliphatic hydroxyl groups is 1. The summed E-state index contributed by atoms with van der Waals surface area (Å²) in [4.78, 5) is 16.6. The first kappa shape index (κ1) is 18.3. The van der Waals surface area contributed by atoms with Gasteiger partial charge in [0.05, 0.1) is 56.5 Å². The number of benzene rings is 1. The minimum Gasteiger partial charge on any atom is -0.394 e. The molecule has 7 nitrogen and oxygen atoms in total. The molecule has 2 N–H and O–H groups in total. The van der Waals surface area contributed by atoms with E-state index in [1.165, 1.54) is 0 Å². The molecule has 2 aliphatic heterocycles. The summed E-state index contributed by atoms with van der Waals surface area (Å²) in [6.07, 6.45) is -0.347. The van der Waals surface area contributed by atoms with Gasteiger partial charge in [-0.15, -0.1) is 0 Å². The Morgan fingerprint density at radius 3 is 2.88 bits per heavy atom. The second kappa shape index (κ2) is 8.23. The van der Waals surface area contributed by atoms with Gasteiger partial charge in [-0.2, -0.15) is 0 Å². The van der Waals surface area contributed by atoms with Crippen LogP contribution in [0.4, 0.5) is 16.2 Å². The van der Waals surface area contributed by atoms with E-state index in [9.17, 15) is 9.90 Å². The Morgan fingerprint density at radius 1 is 1.40 bits per heavy atom. The molecular formula is C17H24ClN3O4. The van der Waals surface area contributed by atoms with Crippen molar-refractivity contribution in [2.75, 3.05) is 56.3 Å². The first-order chi connectivity index (χ1) is 12.1. The van der Waals surface area contributed by atoms with Crippen LogP contribution < -0.4 is 10.2 Å². The van der Waals surface area contributed by atoms with Gasteiger partial charge in [0.2, 0.25) is 0 Å². The van der Waals surface area contributed by atoms with Crippen LogP contribution in [0.25, 0.3) is 0 Å². The largest absolute Gasteiger partial charge is 0.394 e. The second-order valence-corrected chi connectivity index (χ2v) is 6.77. The van der Waals surface area contributed by atoms with Crippen LogP contribution in [0, 0.1) is 0 Å². The van der Waals surface area contributed by atoms with Gasteiger partial charge < -0.3 is 29.7 Å². The standard InChI is InChI=1S/C17H24ClN3O4/c1-12-11-25-14(10-22)9-21(12)17(23)19-15-8-13(18)2-3-16(15)20-4-6-24-7-5-20/h2-3,8,12,14,22H,4-7,9-11H2,1H3,(H,19,23)/t12-,14+/m0/s1. The van der Waals surface area contributed by atoms with Gasteiger partial charge in [0, 0.05) is 18.1 Å². The Hall–Kier alpha value is -1.54. The summed E-state index contributed by atoms with van der Waals surface area (Å²) in [5.74, 6) is 0. The summed E-state index contributed by atoms with van der Waals surface area (Å²) in [5, 5.41) is 12.8. The smallest absolute Gasteiger partial charge is 0.322 e. The summed E-state index contributed by atoms with van der Waals surface area (Å²) >= 11 is 6.14. The van der Waals surface area contributed by atoms with Crippen molar-refractivity contribution < 1.29 is 19.4 Å². The number of ether oxygens (including phenoxy) is 2. The van der Waals surface area contributed by atoms with Crippen molar-refractivity contribution in [2.24, 2.45) is 0 Å². The number of morpholine rings is 2. The van der Waals surface area contributed by atoms with Gasteiger partial charge in [-0.25, -0.2) is 4.79 Å². The number of nitrogens with one attached hydrogen (secondary N) is 1. The van der Waals surface area contributed by atoms with Gasteiger partial charge in [0.15, 0.2) is 0 Å². The third kappa shape index (κ3) is 4.36. The van der Waals surface area contributed by atoms with E-state index in [0.717, 1.165) is 18.8 Å². The molecule has 0 bridgehead atoms. The molecule has 1 aromatic rings. The molecule has 0 saturated carbocycles. The molecule has 2 atom stereocenters. The highest BCUT2D eigenvalue weighted by molar-refractivity contribution is 6.31. The lowest BCUT2D eigenvalue weighted by atomic mass is 10.2. The Bertz CT molecular complexity index is 610. The number of aliphatic hydroxyl groups excluding tert-OH is 1. The number of carbonyl (C=O) groups excluding carboxylic acids is 1. The van der Waals surface area contributed by atoms with E-state index in [-0.39, 0.29) is 24.8 Å². The van der Waals surface area contributed by atoms with E-state index in [1.54, 1.807) is 11.0 Å². The zero-order chi connectivity index (χ0) is 17.8. The molecule has 0 aromatic heterocycles. The van der Waals surface area contributed by atoms with Crippen molar-refractivity contribution >= 4 is 29.0 Å². The summed E-state index contributed by atoms with van der Waals surface area (Å²) in [7, 11) is 0. The fourth-order valence-corrected chi connectivity index (χ4v) is 3.26. The lowest BCUT2D eigenvalue weighted by Gasteiger charge is -2.37. The highest BCUT2D eigenvalue weighted by Crippen LogP contribution is 2.30. The molecule has 2 saturated heterocycles. The predicted molar refractivity (Wildman–Crippen MR) is 96.5 cm³/mol. The normalized spacial score (nSPS) is 24.3. The molecule has 0 unspecified atom stereocenters. The van der Waals surface area contributed by atoms with E-state index in [0.29, 0.717) is 37.1 Å². The monoisotopic (exact) mass is 369 g/mol. The molecule has 8 heteroatoms. The zero-order valence-electron chi connectivity index (χ0n) is 14.3. The topological polar surface area (TPSA) is 74.3 Å². The molecule has 2 heterocycles. The molecular weight excluding hydrogens is 346 g/mol. The zero-order valence-corrected chi connectivity index (χ0v) is 15.0. The van der Waals surface area contributed by atoms with E-state index >= 15 is 0 Å². The molecule has 2 aliphatic rings. The van der Waals surface area contributed by atoms with Crippen LogP contribution in [0.3, 0.4) is 0 Å². The van der Waals surface area contributed by atoms with Crippen LogP contribution in [-0.4, -0.2) is 74.2 Å². The van der Waals surface area contributed by atoms with Crippen molar-refractivity contribution in [1.29, 1.82) is 0 Å². The van der Waals surface area contributed by atoms with Gasteiger partial charge in [0.1, 0.15) is 0 Å². The molecule has 25 heavy (non-hydrogen) atoms. The van der Waals surface area contributed by atoms with Crippen molar-refractivity contribution in [2.45, 2.75) is 19.1 Å². The minimum atomic E-state index is -0.347. The Balaban J connectivity index is 1.76. The average molecular weight is 370 g/mol. The molecule has 3 rings (SSSR count). The van der Waals surface area contributed by atoms with Crippen LogP contribution >= 0.6 is 11.6 Å². The van der Waals surface area contributed by atoms with Crippen LogP contribution in [0.5, 0.6) is 0 Å². The number of carbonyl (C=O) groups is 1.